The Morgan fingerprint density at radius 2 is 1.87 bits per heavy atom. The molecule has 4 aromatic rings. The van der Waals surface area contributed by atoms with Crippen LogP contribution >= 0.6 is 0 Å². The zero-order valence-electron chi connectivity index (χ0n) is 21.2. The van der Waals surface area contributed by atoms with Crippen LogP contribution < -0.4 is 10.1 Å². The molecule has 0 saturated heterocycles. The average Bonchev–Trinajstić information content (AvgIpc) is 3.42. The molecule has 0 radical (unpaired) electrons. The number of rotatable bonds is 7. The quantitative estimate of drug-likeness (QED) is 0.336. The molecule has 0 aliphatic carbocycles. The minimum Gasteiger partial charge on any atom is -0.484 e. The third-order valence-electron chi connectivity index (χ3n) is 6.61. The van der Waals surface area contributed by atoms with Crippen LogP contribution in [0.4, 0.5) is 10.1 Å². The first-order chi connectivity index (χ1) is 18.4. The number of nitrogens with zero attached hydrogens (tertiary/aromatic N) is 2. The Labute approximate surface area is 220 Å². The van der Waals surface area contributed by atoms with E-state index in [2.05, 4.69) is 34.6 Å². The highest BCUT2D eigenvalue weighted by molar-refractivity contribution is 6.02. The van der Waals surface area contributed by atoms with Crippen LogP contribution in [0.15, 0.2) is 77.4 Å². The van der Waals surface area contributed by atoms with Crippen LogP contribution in [0.5, 0.6) is 5.75 Å². The molecule has 0 fully saturated rings. The number of ether oxygens (including phenoxy) is 1. The van der Waals surface area contributed by atoms with E-state index in [9.17, 15) is 14.0 Å². The zero-order valence-corrected chi connectivity index (χ0v) is 21.2. The number of fused-ring (bicyclic) bond motifs is 1. The Balaban J connectivity index is 1.32. The van der Waals surface area contributed by atoms with Crippen LogP contribution in [-0.2, 0) is 17.8 Å². The highest BCUT2D eigenvalue weighted by Crippen LogP contribution is 2.37. The van der Waals surface area contributed by atoms with Gasteiger partial charge >= 0.3 is 0 Å². The van der Waals surface area contributed by atoms with E-state index in [-0.39, 0.29) is 36.0 Å². The van der Waals surface area contributed by atoms with Gasteiger partial charge in [0.25, 0.3) is 5.91 Å². The van der Waals surface area contributed by atoms with E-state index >= 15 is 0 Å². The molecule has 1 aliphatic heterocycles. The molecule has 2 heterocycles. The summed E-state index contributed by atoms with van der Waals surface area (Å²) in [6.45, 7) is 4.61. The van der Waals surface area contributed by atoms with Crippen LogP contribution in [0, 0.1) is 12.7 Å². The lowest BCUT2D eigenvalue weighted by Gasteiger charge is -2.38. The summed E-state index contributed by atoms with van der Waals surface area (Å²) >= 11 is 0. The van der Waals surface area contributed by atoms with Gasteiger partial charge in [-0.3, -0.25) is 9.59 Å². The summed E-state index contributed by atoms with van der Waals surface area (Å²) in [5, 5.41) is 2.65. The zero-order chi connectivity index (χ0) is 26.6. The van der Waals surface area contributed by atoms with Crippen LogP contribution in [0.1, 0.15) is 58.0 Å². The van der Waals surface area contributed by atoms with Crippen molar-refractivity contribution in [3.63, 3.8) is 0 Å². The largest absolute Gasteiger partial charge is 0.484 e. The van der Waals surface area contributed by atoms with Crippen LogP contribution in [-0.4, -0.2) is 28.2 Å². The average molecular weight is 514 g/mol. The van der Waals surface area contributed by atoms with E-state index in [4.69, 9.17) is 9.15 Å². The van der Waals surface area contributed by atoms with Crippen LogP contribution in [0.3, 0.4) is 0 Å². The Morgan fingerprint density at radius 3 is 2.61 bits per heavy atom. The smallest absolute Gasteiger partial charge is 0.277 e. The number of carbonyl (C=O) groups excluding carboxylic acids is 2. The van der Waals surface area contributed by atoms with Crippen LogP contribution in [0.2, 0.25) is 0 Å². The van der Waals surface area contributed by atoms with Crippen molar-refractivity contribution in [1.29, 1.82) is 0 Å². The molecule has 1 N–H and O–H groups in total. The van der Waals surface area contributed by atoms with Crippen molar-refractivity contribution in [2.24, 2.45) is 0 Å². The second kappa shape index (κ2) is 10.9. The lowest BCUT2D eigenvalue weighted by atomic mass is 9.87. The van der Waals surface area contributed by atoms with Gasteiger partial charge in [0, 0.05) is 18.7 Å². The first kappa shape index (κ1) is 25.2. The summed E-state index contributed by atoms with van der Waals surface area (Å²) < 4.78 is 24.5. The molecule has 0 bridgehead atoms. The SMILES string of the molecule is CCC(=O)N1CCc2ccc(OCc3nc(C(=O)Nc4ccc(F)cc4)co3)cc2C1c1ccc(C)cc1. The predicted octanol–water partition coefficient (Wildman–Crippen LogP) is 5.84. The molecule has 1 unspecified atom stereocenters. The van der Waals surface area contributed by atoms with Gasteiger partial charge < -0.3 is 19.4 Å². The fourth-order valence-corrected chi connectivity index (χ4v) is 4.62. The molecule has 3 aromatic carbocycles. The van der Waals surface area contributed by atoms with Gasteiger partial charge in [-0.15, -0.1) is 0 Å². The normalized spacial score (nSPS) is 14.6. The number of oxazole rings is 1. The van der Waals surface area contributed by atoms with Crippen LogP contribution in [0.25, 0.3) is 0 Å². The van der Waals surface area contributed by atoms with Crippen molar-refractivity contribution in [2.45, 2.75) is 39.3 Å². The molecule has 1 atom stereocenters. The number of hydrogen-bond acceptors (Lipinski definition) is 5. The molecule has 1 aliphatic rings. The summed E-state index contributed by atoms with van der Waals surface area (Å²) in [6.07, 6.45) is 2.47. The highest BCUT2D eigenvalue weighted by atomic mass is 19.1. The second-order valence-electron chi connectivity index (χ2n) is 9.24. The first-order valence-electron chi connectivity index (χ1n) is 12.5. The molecular weight excluding hydrogens is 485 g/mol. The van der Waals surface area contributed by atoms with Gasteiger partial charge in [-0.05, 0) is 66.4 Å². The van der Waals surface area contributed by atoms with Crippen molar-refractivity contribution in [3.05, 3.63) is 113 Å². The maximum absolute atomic E-state index is 13.1. The van der Waals surface area contributed by atoms with E-state index in [1.807, 2.05) is 36.9 Å². The Morgan fingerprint density at radius 1 is 1.11 bits per heavy atom. The number of aromatic nitrogens is 1. The number of aryl methyl sites for hydroxylation is 1. The Bertz CT molecular complexity index is 1450. The van der Waals surface area contributed by atoms with E-state index < -0.39 is 5.91 Å². The first-order valence-corrected chi connectivity index (χ1v) is 12.5. The third kappa shape index (κ3) is 5.44. The molecule has 8 heteroatoms. The van der Waals surface area contributed by atoms with Gasteiger partial charge in [0.15, 0.2) is 12.3 Å². The number of amides is 2. The number of benzene rings is 3. The number of hydrogen-bond donors (Lipinski definition) is 1. The van der Waals surface area contributed by atoms with Crippen molar-refractivity contribution in [3.8, 4) is 5.75 Å². The minimum absolute atomic E-state index is 0.0232. The van der Waals surface area contributed by atoms with Crippen molar-refractivity contribution in [2.75, 3.05) is 11.9 Å². The topological polar surface area (TPSA) is 84.7 Å². The lowest BCUT2D eigenvalue weighted by Crippen LogP contribution is -2.40. The van der Waals surface area contributed by atoms with E-state index in [0.29, 0.717) is 24.4 Å². The number of halogens is 1. The predicted molar refractivity (Wildman–Crippen MR) is 140 cm³/mol. The van der Waals surface area contributed by atoms with Crippen molar-refractivity contribution < 1.29 is 23.1 Å². The van der Waals surface area contributed by atoms with Crippen molar-refractivity contribution >= 4 is 17.5 Å². The maximum Gasteiger partial charge on any atom is 0.277 e. The lowest BCUT2D eigenvalue weighted by molar-refractivity contribution is -0.132. The fraction of sp³-hybridized carbons (Fsp3) is 0.233. The molecular formula is C30H28FN3O4. The fourth-order valence-electron chi connectivity index (χ4n) is 4.62. The number of nitrogens with one attached hydrogen (secondary N) is 1. The Hall–Kier alpha value is -4.46. The molecule has 2 amide bonds. The summed E-state index contributed by atoms with van der Waals surface area (Å²) in [7, 11) is 0. The summed E-state index contributed by atoms with van der Waals surface area (Å²) in [5.41, 5.74) is 4.97. The molecule has 1 aromatic heterocycles. The molecule has 5 rings (SSSR count). The highest BCUT2D eigenvalue weighted by Gasteiger charge is 2.31. The van der Waals surface area contributed by atoms with E-state index in [0.717, 1.165) is 23.1 Å². The molecule has 38 heavy (non-hydrogen) atoms. The third-order valence-corrected chi connectivity index (χ3v) is 6.61. The van der Waals surface area contributed by atoms with Gasteiger partial charge in [-0.1, -0.05) is 42.8 Å². The van der Waals surface area contributed by atoms with Gasteiger partial charge in [0.1, 0.15) is 17.8 Å². The number of carbonyl (C=O) groups is 2. The van der Waals surface area contributed by atoms with E-state index in [1.54, 1.807) is 0 Å². The molecule has 7 nitrogen and oxygen atoms in total. The van der Waals surface area contributed by atoms with Gasteiger partial charge in [0.2, 0.25) is 11.8 Å². The van der Waals surface area contributed by atoms with Crippen molar-refractivity contribution in [1.82, 2.24) is 9.88 Å². The van der Waals surface area contributed by atoms with Gasteiger partial charge in [-0.2, -0.15) is 0 Å². The second-order valence-corrected chi connectivity index (χ2v) is 9.24. The van der Waals surface area contributed by atoms with E-state index in [1.165, 1.54) is 36.1 Å². The maximum atomic E-state index is 13.1. The molecule has 0 saturated carbocycles. The number of anilines is 1. The van der Waals surface area contributed by atoms with Gasteiger partial charge in [-0.25, -0.2) is 9.37 Å². The van der Waals surface area contributed by atoms with Gasteiger partial charge in [0.05, 0.1) is 6.04 Å². The molecule has 0 spiro atoms. The summed E-state index contributed by atoms with van der Waals surface area (Å²) in [5.74, 6) is 0.105. The Kier molecular flexibility index (Phi) is 7.22. The minimum atomic E-state index is -0.470. The molecule has 194 valence electrons. The summed E-state index contributed by atoms with van der Waals surface area (Å²) in [4.78, 5) is 31.4. The monoisotopic (exact) mass is 513 g/mol. The summed E-state index contributed by atoms with van der Waals surface area (Å²) in [6, 6.07) is 19.4. The standard InChI is InChI=1S/C30H28FN3O4/c1-3-28(35)34-15-14-20-8-13-24(16-25(20)29(34)21-6-4-19(2)5-7-21)37-18-27-33-26(17-38-27)30(36)32-23-11-9-22(31)10-12-23/h4-13,16-17,29H,3,14-15,18H2,1-2H3,(H,32,36).